The number of hydrogen-bond donors (Lipinski definition) is 2. The summed E-state index contributed by atoms with van der Waals surface area (Å²) < 4.78 is 0. The minimum atomic E-state index is 0.240. The molecule has 2 atom stereocenters. The molecule has 6 nitrogen and oxygen atoms in total. The molecule has 2 saturated heterocycles. The first-order valence-electron chi connectivity index (χ1n) is 8.89. The molecular weight excluding hydrogens is 302 g/mol. The molecule has 128 valence electrons. The number of rotatable bonds is 5. The lowest BCUT2D eigenvalue weighted by atomic mass is 10.0. The fraction of sp³-hybridized carbons (Fsp3) is 0.556. The number of nitrogens with one attached hydrogen (secondary N) is 1. The van der Waals surface area contributed by atoms with Gasteiger partial charge in [-0.1, -0.05) is 30.3 Å². The highest BCUT2D eigenvalue weighted by Gasteiger charge is 2.36. The van der Waals surface area contributed by atoms with Crippen LogP contribution in [0.1, 0.15) is 25.0 Å². The number of aromatic nitrogens is 3. The first kappa shape index (κ1) is 15.7. The third-order valence-corrected chi connectivity index (χ3v) is 5.39. The molecule has 0 spiro atoms. The molecule has 4 rings (SSSR count). The number of H-pyrrole nitrogens is 1. The van der Waals surface area contributed by atoms with Crippen molar-refractivity contribution in [2.24, 2.45) is 0 Å². The van der Waals surface area contributed by atoms with E-state index in [1.807, 2.05) is 18.2 Å². The Bertz CT molecular complexity index is 658. The van der Waals surface area contributed by atoms with E-state index in [9.17, 15) is 5.11 Å². The lowest BCUT2D eigenvalue weighted by Crippen LogP contribution is -2.55. The molecule has 6 heteroatoms. The lowest BCUT2D eigenvalue weighted by molar-refractivity contribution is 0.0327. The van der Waals surface area contributed by atoms with Gasteiger partial charge in [0.05, 0.1) is 0 Å². The summed E-state index contributed by atoms with van der Waals surface area (Å²) in [5.41, 5.74) is 3.03. The zero-order valence-corrected chi connectivity index (χ0v) is 13.9. The predicted octanol–water partition coefficient (Wildman–Crippen LogP) is 1.50. The number of aromatic amines is 1. The van der Waals surface area contributed by atoms with E-state index in [-0.39, 0.29) is 6.61 Å². The number of benzene rings is 1. The van der Waals surface area contributed by atoms with Gasteiger partial charge in [0.15, 0.2) is 0 Å². The standard InChI is InChI=1S/C18H25N5O/c24-10-8-16-11-22-9-4-7-15(22)12-23(16)13-17-18(20-21-19-17)14-5-2-1-3-6-14/h1-3,5-6,15-16,24H,4,7-13H2,(H,19,20,21)/t15?,16-/m0/s1. The number of aliphatic hydroxyl groups excluding tert-OH is 1. The van der Waals surface area contributed by atoms with E-state index in [0.29, 0.717) is 12.1 Å². The summed E-state index contributed by atoms with van der Waals surface area (Å²) >= 11 is 0. The summed E-state index contributed by atoms with van der Waals surface area (Å²) in [4.78, 5) is 5.09. The molecule has 2 aromatic rings. The van der Waals surface area contributed by atoms with E-state index >= 15 is 0 Å². The number of hydrogen-bond acceptors (Lipinski definition) is 5. The highest BCUT2D eigenvalue weighted by atomic mass is 16.3. The van der Waals surface area contributed by atoms with Gasteiger partial charge in [-0.3, -0.25) is 9.80 Å². The van der Waals surface area contributed by atoms with Crippen LogP contribution < -0.4 is 0 Å². The average Bonchev–Trinajstić information content (AvgIpc) is 3.25. The van der Waals surface area contributed by atoms with Crippen molar-refractivity contribution in [1.29, 1.82) is 0 Å². The second kappa shape index (κ2) is 7.01. The number of fused-ring (bicyclic) bond motifs is 1. The van der Waals surface area contributed by atoms with E-state index in [1.54, 1.807) is 0 Å². The molecule has 0 aliphatic carbocycles. The minimum absolute atomic E-state index is 0.240. The molecule has 0 amide bonds. The van der Waals surface area contributed by atoms with Crippen LogP contribution in [-0.4, -0.2) is 68.6 Å². The van der Waals surface area contributed by atoms with E-state index in [2.05, 4.69) is 37.3 Å². The number of piperazine rings is 1. The second-order valence-electron chi connectivity index (χ2n) is 6.87. The van der Waals surface area contributed by atoms with Gasteiger partial charge in [-0.05, 0) is 25.8 Å². The van der Waals surface area contributed by atoms with Crippen LogP contribution in [0.5, 0.6) is 0 Å². The third kappa shape index (κ3) is 3.09. The first-order valence-corrected chi connectivity index (χ1v) is 8.89. The van der Waals surface area contributed by atoms with Crippen molar-refractivity contribution in [2.75, 3.05) is 26.2 Å². The van der Waals surface area contributed by atoms with Gasteiger partial charge in [0.2, 0.25) is 0 Å². The van der Waals surface area contributed by atoms with E-state index in [4.69, 9.17) is 0 Å². The smallest absolute Gasteiger partial charge is 0.117 e. The molecular formula is C18H25N5O. The summed E-state index contributed by atoms with van der Waals surface area (Å²) in [5.74, 6) is 0. The van der Waals surface area contributed by atoms with Crippen LogP contribution in [0, 0.1) is 0 Å². The molecule has 2 N–H and O–H groups in total. The summed E-state index contributed by atoms with van der Waals surface area (Å²) in [6.07, 6.45) is 3.40. The Balaban J connectivity index is 1.54. The molecule has 2 aliphatic heterocycles. The Hall–Kier alpha value is -1.76. The molecule has 2 aliphatic rings. The average molecular weight is 327 g/mol. The Morgan fingerprint density at radius 2 is 2.04 bits per heavy atom. The van der Waals surface area contributed by atoms with Crippen LogP contribution >= 0.6 is 0 Å². The van der Waals surface area contributed by atoms with Crippen molar-refractivity contribution in [3.05, 3.63) is 36.0 Å². The van der Waals surface area contributed by atoms with Crippen LogP contribution in [0.3, 0.4) is 0 Å². The molecule has 0 radical (unpaired) electrons. The maximum Gasteiger partial charge on any atom is 0.117 e. The third-order valence-electron chi connectivity index (χ3n) is 5.39. The Kier molecular flexibility index (Phi) is 4.60. The van der Waals surface area contributed by atoms with Crippen molar-refractivity contribution in [3.63, 3.8) is 0 Å². The Morgan fingerprint density at radius 3 is 2.88 bits per heavy atom. The summed E-state index contributed by atoms with van der Waals surface area (Å²) in [6, 6.07) is 11.3. The first-order chi connectivity index (χ1) is 11.8. The topological polar surface area (TPSA) is 68.3 Å². The zero-order chi connectivity index (χ0) is 16.4. The number of aliphatic hydroxyl groups is 1. The second-order valence-corrected chi connectivity index (χ2v) is 6.87. The lowest BCUT2D eigenvalue weighted by Gasteiger charge is -2.43. The number of nitrogens with zero attached hydrogens (tertiary/aromatic N) is 4. The van der Waals surface area contributed by atoms with Gasteiger partial charge >= 0.3 is 0 Å². The van der Waals surface area contributed by atoms with Crippen LogP contribution in [-0.2, 0) is 6.54 Å². The van der Waals surface area contributed by atoms with Crippen molar-refractivity contribution in [3.8, 4) is 11.3 Å². The summed E-state index contributed by atoms with van der Waals surface area (Å²) in [7, 11) is 0. The highest BCUT2D eigenvalue weighted by Crippen LogP contribution is 2.28. The van der Waals surface area contributed by atoms with Crippen LogP contribution in [0.25, 0.3) is 11.3 Å². The van der Waals surface area contributed by atoms with Gasteiger partial charge < -0.3 is 5.11 Å². The zero-order valence-electron chi connectivity index (χ0n) is 13.9. The maximum atomic E-state index is 9.46. The van der Waals surface area contributed by atoms with Crippen LogP contribution in [0.2, 0.25) is 0 Å². The van der Waals surface area contributed by atoms with Gasteiger partial charge in [-0.25, -0.2) is 0 Å². The van der Waals surface area contributed by atoms with Crippen molar-refractivity contribution >= 4 is 0 Å². The van der Waals surface area contributed by atoms with Gasteiger partial charge in [-0.15, -0.1) is 0 Å². The van der Waals surface area contributed by atoms with Crippen molar-refractivity contribution in [1.82, 2.24) is 25.2 Å². The SMILES string of the molecule is OCC[C@H]1CN2CCCC2CN1Cc1n[nH]nc1-c1ccccc1. The fourth-order valence-electron chi connectivity index (χ4n) is 4.15. The monoisotopic (exact) mass is 327 g/mol. The van der Waals surface area contributed by atoms with Gasteiger partial charge in [0, 0.05) is 43.9 Å². The molecule has 1 aromatic heterocycles. The van der Waals surface area contributed by atoms with Gasteiger partial charge in [0.1, 0.15) is 11.4 Å². The largest absolute Gasteiger partial charge is 0.396 e. The minimum Gasteiger partial charge on any atom is -0.396 e. The van der Waals surface area contributed by atoms with E-state index < -0.39 is 0 Å². The Labute approximate surface area is 142 Å². The summed E-state index contributed by atoms with van der Waals surface area (Å²) in [5, 5.41) is 21.0. The summed E-state index contributed by atoms with van der Waals surface area (Å²) in [6.45, 7) is 4.36. The molecule has 24 heavy (non-hydrogen) atoms. The van der Waals surface area contributed by atoms with E-state index in [1.165, 1.54) is 19.4 Å². The van der Waals surface area contributed by atoms with Crippen molar-refractivity contribution < 1.29 is 5.11 Å². The highest BCUT2D eigenvalue weighted by molar-refractivity contribution is 5.60. The normalized spacial score (nSPS) is 25.0. The van der Waals surface area contributed by atoms with E-state index in [0.717, 1.165) is 43.0 Å². The molecule has 0 saturated carbocycles. The quantitative estimate of drug-likeness (QED) is 0.871. The molecule has 3 heterocycles. The molecule has 1 aromatic carbocycles. The Morgan fingerprint density at radius 1 is 1.17 bits per heavy atom. The van der Waals surface area contributed by atoms with Crippen molar-refractivity contribution in [2.45, 2.75) is 37.9 Å². The predicted molar refractivity (Wildman–Crippen MR) is 92.3 cm³/mol. The molecule has 2 fully saturated rings. The fourth-order valence-corrected chi connectivity index (χ4v) is 4.15. The molecule has 0 bridgehead atoms. The van der Waals surface area contributed by atoms with Crippen LogP contribution in [0.4, 0.5) is 0 Å². The maximum absolute atomic E-state index is 9.46. The van der Waals surface area contributed by atoms with Gasteiger partial charge in [-0.2, -0.15) is 15.4 Å². The van der Waals surface area contributed by atoms with Gasteiger partial charge in [0.25, 0.3) is 0 Å². The van der Waals surface area contributed by atoms with Crippen LogP contribution in [0.15, 0.2) is 30.3 Å². The molecule has 1 unspecified atom stereocenters.